The maximum Gasteiger partial charge on any atom is 0.251 e. The summed E-state index contributed by atoms with van der Waals surface area (Å²) >= 11 is 3.49. The third kappa shape index (κ3) is 3.21. The number of benzene rings is 1. The largest absolute Gasteiger partial charge is 0.504 e. The number of hydrogen-bond acceptors (Lipinski definition) is 3. The Hall–Kier alpha value is -1.23. The number of amides is 1. The molecule has 0 radical (unpaired) electrons. The van der Waals surface area contributed by atoms with E-state index >= 15 is 0 Å². The molecule has 0 saturated heterocycles. The number of carbonyl (C=O) groups excluding carboxylic acids is 1. The fourth-order valence-corrected chi connectivity index (χ4v) is 3.27. The van der Waals surface area contributed by atoms with Gasteiger partial charge in [-0.15, -0.1) is 0 Å². The molecule has 1 aliphatic rings. The average molecular weight is 328 g/mol. The number of alkyl halides is 1. The van der Waals surface area contributed by atoms with Crippen molar-refractivity contribution in [3.8, 4) is 11.5 Å². The van der Waals surface area contributed by atoms with E-state index in [0.29, 0.717) is 17.2 Å². The van der Waals surface area contributed by atoms with Gasteiger partial charge in [0, 0.05) is 16.9 Å². The minimum absolute atomic E-state index is 0.0152. The lowest BCUT2D eigenvalue weighted by Crippen LogP contribution is -2.37. The minimum Gasteiger partial charge on any atom is -0.504 e. The van der Waals surface area contributed by atoms with Gasteiger partial charge in [-0.25, -0.2) is 0 Å². The second-order valence-corrected chi connectivity index (χ2v) is 5.46. The number of carbonyl (C=O) groups is 1. The summed E-state index contributed by atoms with van der Waals surface area (Å²) in [7, 11) is 1.48. The van der Waals surface area contributed by atoms with E-state index in [-0.39, 0.29) is 17.7 Å². The number of phenols is 1. The third-order valence-electron chi connectivity index (χ3n) is 3.61. The van der Waals surface area contributed by atoms with Crippen LogP contribution in [0.3, 0.4) is 0 Å². The van der Waals surface area contributed by atoms with Crippen molar-refractivity contribution in [2.45, 2.75) is 25.3 Å². The molecule has 19 heavy (non-hydrogen) atoms. The number of phenolic OH excluding ortho intramolecular Hbond substituents is 1. The summed E-state index contributed by atoms with van der Waals surface area (Å²) in [6.07, 6.45) is 3.31. The lowest BCUT2D eigenvalue weighted by atomic mass is 10.1. The lowest BCUT2D eigenvalue weighted by molar-refractivity contribution is 0.0930. The Morgan fingerprint density at radius 1 is 1.53 bits per heavy atom. The summed E-state index contributed by atoms with van der Waals surface area (Å²) in [5.41, 5.74) is 0.457. The molecule has 2 atom stereocenters. The molecule has 1 amide bonds. The molecule has 2 unspecified atom stereocenters. The normalized spacial score (nSPS) is 22.2. The second kappa shape index (κ2) is 6.28. The van der Waals surface area contributed by atoms with Crippen LogP contribution in [0, 0.1) is 5.92 Å². The number of hydrogen-bond donors (Lipinski definition) is 2. The number of rotatable bonds is 4. The first-order valence-corrected chi connectivity index (χ1v) is 7.51. The van der Waals surface area contributed by atoms with Gasteiger partial charge in [-0.2, -0.15) is 0 Å². The molecule has 5 heteroatoms. The topological polar surface area (TPSA) is 58.6 Å². The van der Waals surface area contributed by atoms with Crippen molar-refractivity contribution in [3.05, 3.63) is 23.8 Å². The first kappa shape index (κ1) is 14.2. The number of ether oxygens (including phenoxy) is 1. The monoisotopic (exact) mass is 327 g/mol. The zero-order chi connectivity index (χ0) is 13.8. The van der Waals surface area contributed by atoms with E-state index in [1.807, 2.05) is 0 Å². The highest BCUT2D eigenvalue weighted by molar-refractivity contribution is 9.09. The summed E-state index contributed by atoms with van der Waals surface area (Å²) in [5.74, 6) is 0.709. The summed E-state index contributed by atoms with van der Waals surface area (Å²) in [6.45, 7) is 0. The molecule has 1 aromatic carbocycles. The molecule has 0 aliphatic heterocycles. The molecule has 1 saturated carbocycles. The van der Waals surface area contributed by atoms with Crippen LogP contribution >= 0.6 is 15.9 Å². The maximum absolute atomic E-state index is 12.1. The summed E-state index contributed by atoms with van der Waals surface area (Å²) in [5, 5.41) is 13.6. The SMILES string of the molecule is COc1ccc(C(=O)NC2CCCC2CBr)cc1O. The molecule has 2 rings (SSSR count). The van der Waals surface area contributed by atoms with Crippen LogP contribution in [-0.4, -0.2) is 29.5 Å². The zero-order valence-corrected chi connectivity index (χ0v) is 12.4. The van der Waals surface area contributed by atoms with E-state index in [9.17, 15) is 9.90 Å². The molecule has 0 heterocycles. The van der Waals surface area contributed by atoms with Crippen molar-refractivity contribution in [1.29, 1.82) is 0 Å². The van der Waals surface area contributed by atoms with Crippen LogP contribution in [0.2, 0.25) is 0 Å². The molecule has 0 aromatic heterocycles. The Labute approximate surface area is 121 Å². The number of aromatic hydroxyl groups is 1. The first-order valence-electron chi connectivity index (χ1n) is 6.39. The molecule has 104 valence electrons. The van der Waals surface area contributed by atoms with Gasteiger partial charge in [-0.05, 0) is 37.0 Å². The van der Waals surface area contributed by atoms with Crippen LogP contribution in [0.4, 0.5) is 0 Å². The zero-order valence-electron chi connectivity index (χ0n) is 10.9. The molecule has 4 nitrogen and oxygen atoms in total. The Kier molecular flexibility index (Phi) is 4.69. The van der Waals surface area contributed by atoms with E-state index < -0.39 is 0 Å². The van der Waals surface area contributed by atoms with Crippen molar-refractivity contribution in [2.24, 2.45) is 5.92 Å². The van der Waals surface area contributed by atoms with E-state index in [4.69, 9.17) is 4.74 Å². The van der Waals surface area contributed by atoms with Crippen molar-refractivity contribution in [1.82, 2.24) is 5.32 Å². The van der Waals surface area contributed by atoms with Crippen molar-refractivity contribution in [3.63, 3.8) is 0 Å². The van der Waals surface area contributed by atoms with Gasteiger partial charge in [0.1, 0.15) is 0 Å². The Morgan fingerprint density at radius 3 is 2.95 bits per heavy atom. The molecule has 1 aliphatic carbocycles. The van der Waals surface area contributed by atoms with Crippen LogP contribution in [0.15, 0.2) is 18.2 Å². The van der Waals surface area contributed by atoms with Gasteiger partial charge in [0.25, 0.3) is 5.91 Å². The Morgan fingerprint density at radius 2 is 2.32 bits per heavy atom. The van der Waals surface area contributed by atoms with Crippen LogP contribution in [0.1, 0.15) is 29.6 Å². The second-order valence-electron chi connectivity index (χ2n) is 4.81. The number of methoxy groups -OCH3 is 1. The molecular weight excluding hydrogens is 310 g/mol. The Balaban J connectivity index is 2.05. The van der Waals surface area contributed by atoms with E-state index in [2.05, 4.69) is 21.2 Å². The number of halogens is 1. The summed E-state index contributed by atoms with van der Waals surface area (Å²) in [4.78, 5) is 12.1. The van der Waals surface area contributed by atoms with Gasteiger partial charge in [0.2, 0.25) is 0 Å². The lowest BCUT2D eigenvalue weighted by Gasteiger charge is -2.19. The van der Waals surface area contributed by atoms with Crippen LogP contribution in [0.5, 0.6) is 11.5 Å². The maximum atomic E-state index is 12.1. The predicted octanol–water partition coefficient (Wildman–Crippen LogP) is 2.69. The standard InChI is InChI=1S/C14H18BrNO3/c1-19-13-6-5-9(7-12(13)17)14(18)16-11-4-2-3-10(11)8-15/h5-7,10-11,17H,2-4,8H2,1H3,(H,16,18). The molecule has 2 N–H and O–H groups in total. The van der Waals surface area contributed by atoms with Gasteiger partial charge >= 0.3 is 0 Å². The van der Waals surface area contributed by atoms with E-state index in [1.54, 1.807) is 12.1 Å². The fourth-order valence-electron chi connectivity index (χ4n) is 2.49. The van der Waals surface area contributed by atoms with E-state index in [0.717, 1.165) is 24.6 Å². The minimum atomic E-state index is -0.143. The third-order valence-corrected chi connectivity index (χ3v) is 4.45. The van der Waals surface area contributed by atoms with Gasteiger partial charge in [0.05, 0.1) is 7.11 Å². The quantitative estimate of drug-likeness (QED) is 0.836. The molecule has 0 spiro atoms. The van der Waals surface area contributed by atoms with Crippen LogP contribution in [-0.2, 0) is 0 Å². The molecular formula is C14H18BrNO3. The van der Waals surface area contributed by atoms with Crippen molar-refractivity contribution in [2.75, 3.05) is 12.4 Å². The predicted molar refractivity (Wildman–Crippen MR) is 77.0 cm³/mol. The van der Waals surface area contributed by atoms with Crippen molar-refractivity contribution >= 4 is 21.8 Å². The van der Waals surface area contributed by atoms with Gasteiger partial charge in [-0.3, -0.25) is 4.79 Å². The highest BCUT2D eigenvalue weighted by atomic mass is 79.9. The average Bonchev–Trinajstić information content (AvgIpc) is 2.85. The van der Waals surface area contributed by atoms with Crippen LogP contribution in [0.25, 0.3) is 0 Å². The number of nitrogens with one attached hydrogen (secondary N) is 1. The van der Waals surface area contributed by atoms with Crippen LogP contribution < -0.4 is 10.1 Å². The highest BCUT2D eigenvalue weighted by Crippen LogP contribution is 2.29. The highest BCUT2D eigenvalue weighted by Gasteiger charge is 2.27. The Bertz CT molecular complexity index is 464. The summed E-state index contributed by atoms with van der Waals surface area (Å²) in [6, 6.07) is 4.91. The van der Waals surface area contributed by atoms with Gasteiger partial charge < -0.3 is 15.2 Å². The molecule has 1 aromatic rings. The first-order chi connectivity index (χ1) is 9.15. The van der Waals surface area contributed by atoms with Crippen molar-refractivity contribution < 1.29 is 14.6 Å². The molecule has 0 bridgehead atoms. The molecule has 1 fully saturated rings. The summed E-state index contributed by atoms with van der Waals surface area (Å²) < 4.78 is 4.96. The van der Waals surface area contributed by atoms with E-state index in [1.165, 1.54) is 13.2 Å². The van der Waals surface area contributed by atoms with Gasteiger partial charge in [0.15, 0.2) is 11.5 Å². The van der Waals surface area contributed by atoms with Gasteiger partial charge in [-0.1, -0.05) is 22.4 Å². The fraction of sp³-hybridized carbons (Fsp3) is 0.500. The smallest absolute Gasteiger partial charge is 0.251 e.